The summed E-state index contributed by atoms with van der Waals surface area (Å²) in [6, 6.07) is 0. The SMILES string of the molecule is CC/C=C\C/C=C\C/C=C\C/C=C\C/C=C\C/C=C\C/C=C\C/C=C\C/C=C\C/C=C\CCCCC(=O)OCC(O)COC(OCC[N+](C)(C)C)C(=O)[O-]. The summed E-state index contributed by atoms with van der Waals surface area (Å²) in [6.45, 7) is 2.26. The van der Waals surface area contributed by atoms with Crippen molar-refractivity contribution >= 4 is 11.9 Å². The number of aliphatic hydroxyl groups excluding tert-OH is 1. The van der Waals surface area contributed by atoms with E-state index in [1.165, 1.54) is 0 Å². The van der Waals surface area contributed by atoms with Gasteiger partial charge in [-0.25, -0.2) is 0 Å². The molecule has 0 saturated carbocycles. The number of aliphatic carboxylic acids is 1. The van der Waals surface area contributed by atoms with Crippen LogP contribution in [0.25, 0.3) is 0 Å². The van der Waals surface area contributed by atoms with Crippen LogP contribution in [-0.2, 0) is 23.8 Å². The van der Waals surface area contributed by atoms with Gasteiger partial charge in [0, 0.05) is 6.42 Å². The molecule has 0 radical (unpaired) electrons. The molecule has 0 aromatic heterocycles. The molecule has 302 valence electrons. The van der Waals surface area contributed by atoms with Crippen LogP contribution in [0.4, 0.5) is 0 Å². The molecule has 2 atom stereocenters. The van der Waals surface area contributed by atoms with Crippen LogP contribution >= 0.6 is 0 Å². The van der Waals surface area contributed by atoms with Crippen LogP contribution in [0.5, 0.6) is 0 Å². The predicted molar refractivity (Wildman–Crippen MR) is 222 cm³/mol. The van der Waals surface area contributed by atoms with Crippen molar-refractivity contribution in [2.45, 2.75) is 109 Å². The summed E-state index contributed by atoms with van der Waals surface area (Å²) in [4.78, 5) is 23.1. The highest BCUT2D eigenvalue weighted by Crippen LogP contribution is 2.05. The van der Waals surface area contributed by atoms with Crippen molar-refractivity contribution in [1.29, 1.82) is 0 Å². The Labute approximate surface area is 327 Å². The molecule has 0 fully saturated rings. The molecule has 2 unspecified atom stereocenters. The lowest BCUT2D eigenvalue weighted by atomic mass is 10.2. The van der Waals surface area contributed by atoms with Crippen LogP contribution in [0, 0.1) is 0 Å². The van der Waals surface area contributed by atoms with Gasteiger partial charge in [0.25, 0.3) is 0 Å². The summed E-state index contributed by atoms with van der Waals surface area (Å²) in [5.41, 5.74) is 0. The molecular weight excluding hydrogens is 679 g/mol. The van der Waals surface area contributed by atoms with Gasteiger partial charge in [0.1, 0.15) is 19.3 Å². The Balaban J connectivity index is 3.75. The van der Waals surface area contributed by atoms with E-state index < -0.39 is 24.3 Å². The van der Waals surface area contributed by atoms with Crippen LogP contribution in [0.2, 0.25) is 0 Å². The van der Waals surface area contributed by atoms with Gasteiger partial charge in [0.05, 0.1) is 40.3 Å². The van der Waals surface area contributed by atoms with Crippen LogP contribution in [0.1, 0.15) is 96.8 Å². The number of aliphatic hydroxyl groups is 1. The average molecular weight is 750 g/mol. The van der Waals surface area contributed by atoms with E-state index in [4.69, 9.17) is 14.2 Å². The quantitative estimate of drug-likeness (QED) is 0.0231. The Hall–Kier alpha value is -3.82. The van der Waals surface area contributed by atoms with Crippen molar-refractivity contribution in [3.8, 4) is 0 Å². The van der Waals surface area contributed by atoms with Gasteiger partial charge in [-0.2, -0.15) is 0 Å². The predicted octanol–water partition coefficient (Wildman–Crippen LogP) is 8.75. The van der Waals surface area contributed by atoms with Gasteiger partial charge in [-0.3, -0.25) is 4.79 Å². The molecule has 0 spiro atoms. The standard InChI is InChI=1S/C46H71NO7/c1-5-6-7-8-9-10-11-12-13-14-15-16-17-18-19-20-21-22-23-24-25-26-27-28-29-30-31-32-33-34-35-36-37-38-44(49)53-41-43(48)42-54-46(45(50)51)52-40-39-47(2,3)4/h6-7,9-10,12-13,15-16,18-19,21-22,24-25,27-28,30-31,33-34,43,46,48H,5,8,11,14,17,20,23,26,29,32,35-42H2,1-4H3/b7-6-,10-9-,13-12-,16-15-,19-18-,22-21-,25-24-,28-27-,31-30-,34-33-. The van der Waals surface area contributed by atoms with E-state index >= 15 is 0 Å². The molecule has 0 heterocycles. The first kappa shape index (κ1) is 50.2. The molecule has 8 heteroatoms. The summed E-state index contributed by atoms with van der Waals surface area (Å²) < 4.78 is 15.9. The Kier molecular flexibility index (Phi) is 34.8. The number of rotatable bonds is 34. The molecule has 54 heavy (non-hydrogen) atoms. The lowest BCUT2D eigenvalue weighted by molar-refractivity contribution is -0.870. The average Bonchev–Trinajstić information content (AvgIpc) is 3.13. The van der Waals surface area contributed by atoms with Crippen molar-refractivity contribution in [3.05, 3.63) is 122 Å². The number of likely N-dealkylation sites (N-methyl/N-ethyl adjacent to an activating group) is 1. The number of quaternary nitrogens is 1. The van der Waals surface area contributed by atoms with E-state index in [9.17, 15) is 19.8 Å². The molecule has 0 saturated heterocycles. The van der Waals surface area contributed by atoms with Crippen molar-refractivity contribution in [3.63, 3.8) is 0 Å². The first-order valence-corrected chi connectivity index (χ1v) is 19.7. The highest BCUT2D eigenvalue weighted by Gasteiger charge is 2.17. The molecular formula is C46H71NO7. The topological polar surface area (TPSA) is 105 Å². The third-order valence-electron chi connectivity index (χ3n) is 7.45. The molecule has 0 aliphatic rings. The fourth-order valence-corrected chi connectivity index (χ4v) is 4.38. The molecule has 0 aliphatic carbocycles. The minimum atomic E-state index is -1.59. The minimum absolute atomic E-state index is 0.156. The molecule has 0 rings (SSSR count). The number of esters is 1. The van der Waals surface area contributed by atoms with Crippen molar-refractivity contribution in [2.24, 2.45) is 0 Å². The zero-order valence-electron chi connectivity index (χ0n) is 33.8. The zero-order valence-corrected chi connectivity index (χ0v) is 33.8. The molecule has 1 N–H and O–H groups in total. The van der Waals surface area contributed by atoms with E-state index in [0.29, 0.717) is 17.4 Å². The van der Waals surface area contributed by atoms with Gasteiger partial charge < -0.3 is 33.7 Å². The smallest absolute Gasteiger partial charge is 0.305 e. The number of allylic oxidation sites excluding steroid dienone is 20. The second-order valence-electron chi connectivity index (χ2n) is 13.7. The van der Waals surface area contributed by atoms with E-state index in [2.05, 4.69) is 128 Å². The van der Waals surface area contributed by atoms with Crippen LogP contribution in [-0.4, -0.2) is 81.4 Å². The summed E-state index contributed by atoms with van der Waals surface area (Å²) in [5.74, 6) is -1.93. The van der Waals surface area contributed by atoms with Gasteiger partial charge in [-0.15, -0.1) is 0 Å². The molecule has 0 aliphatic heterocycles. The Morgan fingerprint density at radius 2 is 0.963 bits per heavy atom. The maximum absolute atomic E-state index is 11.9. The number of carboxylic acid groups (broad SMARTS) is 1. The second kappa shape index (κ2) is 37.5. The number of hydrogen-bond acceptors (Lipinski definition) is 7. The van der Waals surface area contributed by atoms with E-state index in [0.717, 1.165) is 77.0 Å². The normalized spacial score (nSPS) is 14.5. The van der Waals surface area contributed by atoms with Gasteiger partial charge in [-0.05, 0) is 83.5 Å². The Morgan fingerprint density at radius 1 is 0.574 bits per heavy atom. The fourth-order valence-electron chi connectivity index (χ4n) is 4.38. The van der Waals surface area contributed by atoms with Crippen molar-refractivity contribution in [1.82, 2.24) is 0 Å². The van der Waals surface area contributed by atoms with Gasteiger partial charge in [-0.1, -0.05) is 128 Å². The lowest BCUT2D eigenvalue weighted by Crippen LogP contribution is -2.44. The van der Waals surface area contributed by atoms with Gasteiger partial charge >= 0.3 is 5.97 Å². The maximum atomic E-state index is 11.9. The van der Waals surface area contributed by atoms with E-state index in [1.54, 1.807) is 0 Å². The number of hydrogen-bond donors (Lipinski definition) is 1. The van der Waals surface area contributed by atoms with Crippen molar-refractivity contribution in [2.75, 3.05) is 47.5 Å². The van der Waals surface area contributed by atoms with Gasteiger partial charge in [0.2, 0.25) is 0 Å². The monoisotopic (exact) mass is 750 g/mol. The first-order valence-electron chi connectivity index (χ1n) is 19.7. The lowest BCUT2D eigenvalue weighted by Gasteiger charge is -2.26. The number of nitrogens with zero attached hydrogens (tertiary/aromatic N) is 1. The minimum Gasteiger partial charge on any atom is -0.545 e. The molecule has 0 amide bonds. The summed E-state index contributed by atoms with van der Waals surface area (Å²) in [6.07, 6.45) is 53.6. The van der Waals surface area contributed by atoms with Crippen molar-refractivity contribution < 1.29 is 38.5 Å². The molecule has 0 aromatic rings. The number of ether oxygens (including phenoxy) is 3. The fraction of sp³-hybridized carbons (Fsp3) is 0.522. The summed E-state index contributed by atoms with van der Waals surface area (Å²) in [5, 5.41) is 21.2. The largest absolute Gasteiger partial charge is 0.545 e. The number of carbonyl (C=O) groups excluding carboxylic acids is 2. The highest BCUT2D eigenvalue weighted by molar-refractivity contribution is 5.69. The van der Waals surface area contributed by atoms with Crippen LogP contribution < -0.4 is 5.11 Å². The molecule has 0 bridgehead atoms. The first-order chi connectivity index (χ1) is 26.2. The van der Waals surface area contributed by atoms with E-state index in [-0.39, 0.29) is 26.2 Å². The Bertz CT molecular complexity index is 1230. The molecule has 8 nitrogen and oxygen atoms in total. The van der Waals surface area contributed by atoms with E-state index in [1.807, 2.05) is 21.1 Å². The van der Waals surface area contributed by atoms with Crippen LogP contribution in [0.3, 0.4) is 0 Å². The third-order valence-corrected chi connectivity index (χ3v) is 7.45. The number of carbonyl (C=O) groups is 2. The highest BCUT2D eigenvalue weighted by atomic mass is 16.7. The Morgan fingerprint density at radius 3 is 1.33 bits per heavy atom. The van der Waals surface area contributed by atoms with Crippen LogP contribution in [0.15, 0.2) is 122 Å². The number of unbranched alkanes of at least 4 members (excludes halogenated alkanes) is 2. The zero-order chi connectivity index (χ0) is 39.8. The van der Waals surface area contributed by atoms with Gasteiger partial charge in [0.15, 0.2) is 6.29 Å². The maximum Gasteiger partial charge on any atom is 0.305 e. The third kappa shape index (κ3) is 39.4. The second-order valence-corrected chi connectivity index (χ2v) is 13.7. The number of carboxylic acids is 1. The summed E-state index contributed by atoms with van der Waals surface area (Å²) in [7, 11) is 5.84. The summed E-state index contributed by atoms with van der Waals surface area (Å²) >= 11 is 0. The molecule has 0 aromatic carbocycles.